The van der Waals surface area contributed by atoms with Crippen molar-refractivity contribution in [3.8, 4) is 6.07 Å². The smallest absolute Gasteiger partial charge is 0.253 e. The van der Waals surface area contributed by atoms with Crippen molar-refractivity contribution in [1.82, 2.24) is 4.31 Å². The number of hydrogen-bond acceptors (Lipinski definition) is 5. The largest absolute Gasteiger partial charge is 0.325 e. The third-order valence-electron chi connectivity index (χ3n) is 4.12. The van der Waals surface area contributed by atoms with Gasteiger partial charge in [-0.2, -0.15) is 9.57 Å². The molecule has 1 aliphatic heterocycles. The summed E-state index contributed by atoms with van der Waals surface area (Å²) in [5, 5.41) is 11.5. The number of benzene rings is 1. The summed E-state index contributed by atoms with van der Waals surface area (Å²) in [5.74, 6) is -0.359. The van der Waals surface area contributed by atoms with Crippen LogP contribution in [0.3, 0.4) is 0 Å². The van der Waals surface area contributed by atoms with E-state index in [4.69, 9.17) is 16.9 Å². The first-order valence-electron chi connectivity index (χ1n) is 7.96. The van der Waals surface area contributed by atoms with Crippen molar-refractivity contribution >= 4 is 44.6 Å². The van der Waals surface area contributed by atoms with Crippen molar-refractivity contribution in [3.63, 3.8) is 0 Å². The average Bonchev–Trinajstić information content (AvgIpc) is 3.26. The monoisotopic (exact) mass is 409 g/mol. The molecule has 1 aromatic carbocycles. The summed E-state index contributed by atoms with van der Waals surface area (Å²) in [6, 6.07) is 11.2. The Morgan fingerprint density at radius 1 is 1.31 bits per heavy atom. The topological polar surface area (TPSA) is 90.3 Å². The fraction of sp³-hybridized carbons (Fsp3) is 0.294. The summed E-state index contributed by atoms with van der Waals surface area (Å²) >= 11 is 6.83. The molecule has 0 bridgehead atoms. The lowest BCUT2D eigenvalue weighted by Gasteiger charge is -2.22. The van der Waals surface area contributed by atoms with E-state index in [1.807, 2.05) is 0 Å². The number of nitriles is 1. The van der Waals surface area contributed by atoms with E-state index in [1.54, 1.807) is 24.3 Å². The van der Waals surface area contributed by atoms with Crippen LogP contribution in [0.5, 0.6) is 0 Å². The van der Waals surface area contributed by atoms with Crippen LogP contribution in [0, 0.1) is 11.3 Å². The van der Waals surface area contributed by atoms with Gasteiger partial charge in [-0.05, 0) is 42.7 Å². The number of anilines is 1. The van der Waals surface area contributed by atoms with Gasteiger partial charge in [-0.25, -0.2) is 8.42 Å². The zero-order chi connectivity index (χ0) is 18.7. The predicted octanol–water partition coefficient (Wildman–Crippen LogP) is 3.26. The molecule has 2 heterocycles. The number of rotatable bonds is 5. The quantitative estimate of drug-likeness (QED) is 0.820. The molecule has 1 atom stereocenters. The first-order valence-corrected chi connectivity index (χ1v) is 10.6. The predicted molar refractivity (Wildman–Crippen MR) is 101 cm³/mol. The fourth-order valence-corrected chi connectivity index (χ4v) is 6.13. The van der Waals surface area contributed by atoms with E-state index in [0.29, 0.717) is 35.8 Å². The third kappa shape index (κ3) is 3.91. The highest BCUT2D eigenvalue weighted by Crippen LogP contribution is 2.32. The molecule has 3 rings (SSSR count). The maximum absolute atomic E-state index is 12.8. The molecule has 26 heavy (non-hydrogen) atoms. The number of hydrogen-bond donors (Lipinski definition) is 1. The first kappa shape index (κ1) is 18.9. The summed E-state index contributed by atoms with van der Waals surface area (Å²) < 4.78 is 27.4. The first-order chi connectivity index (χ1) is 12.4. The van der Waals surface area contributed by atoms with Crippen molar-refractivity contribution in [3.05, 3.63) is 46.3 Å². The van der Waals surface area contributed by atoms with Crippen molar-refractivity contribution in [2.45, 2.75) is 29.5 Å². The minimum Gasteiger partial charge on any atom is -0.325 e. The van der Waals surface area contributed by atoms with Gasteiger partial charge in [0.2, 0.25) is 5.91 Å². The van der Waals surface area contributed by atoms with Crippen LogP contribution in [-0.2, 0) is 21.2 Å². The highest BCUT2D eigenvalue weighted by atomic mass is 35.5. The lowest BCUT2D eigenvalue weighted by atomic mass is 10.1. The van der Waals surface area contributed by atoms with Crippen LogP contribution in [0.15, 0.2) is 40.6 Å². The molecule has 0 spiro atoms. The normalized spacial score (nSPS) is 17.8. The zero-order valence-corrected chi connectivity index (χ0v) is 16.1. The maximum atomic E-state index is 12.8. The van der Waals surface area contributed by atoms with Crippen molar-refractivity contribution in [2.75, 3.05) is 11.9 Å². The molecule has 0 aliphatic carbocycles. The second kappa shape index (κ2) is 7.76. The third-order valence-corrected chi connectivity index (χ3v) is 7.73. The molecular formula is C17H16ClN3O3S2. The molecule has 1 aliphatic rings. The molecule has 136 valence electrons. The lowest BCUT2D eigenvalue weighted by Crippen LogP contribution is -2.42. The van der Waals surface area contributed by atoms with Crippen LogP contribution in [0.2, 0.25) is 4.34 Å². The van der Waals surface area contributed by atoms with Gasteiger partial charge in [-0.15, -0.1) is 11.3 Å². The Kier molecular flexibility index (Phi) is 5.63. The standard InChI is InChI=1S/C17H16ClN3O3S2/c18-15-7-8-16(25-15)26(23,24)21-11-1-2-14(21)17(22)20-13-5-3-12(4-6-13)9-10-19/h3-8,14H,1-2,9,11H2,(H,20,22)/t14-/m0/s1. The van der Waals surface area contributed by atoms with Gasteiger partial charge >= 0.3 is 0 Å². The fourth-order valence-electron chi connectivity index (χ4n) is 2.86. The van der Waals surface area contributed by atoms with E-state index in [0.717, 1.165) is 16.9 Å². The van der Waals surface area contributed by atoms with Crippen LogP contribution in [0.25, 0.3) is 0 Å². The minimum absolute atomic E-state index is 0.142. The van der Waals surface area contributed by atoms with Crippen LogP contribution in [0.4, 0.5) is 5.69 Å². The van der Waals surface area contributed by atoms with E-state index >= 15 is 0 Å². The van der Waals surface area contributed by atoms with Crippen molar-refractivity contribution in [1.29, 1.82) is 5.26 Å². The van der Waals surface area contributed by atoms with Crippen molar-refractivity contribution in [2.24, 2.45) is 0 Å². The Morgan fingerprint density at radius 2 is 2.04 bits per heavy atom. The molecule has 0 saturated carbocycles. The number of carbonyl (C=O) groups excluding carboxylic acids is 1. The Labute approximate surface area is 161 Å². The second-order valence-corrected chi connectivity index (χ2v) is 9.69. The molecule has 1 saturated heterocycles. The number of nitrogens with one attached hydrogen (secondary N) is 1. The summed E-state index contributed by atoms with van der Waals surface area (Å²) in [7, 11) is -3.75. The number of amides is 1. The van der Waals surface area contributed by atoms with E-state index in [2.05, 4.69) is 11.4 Å². The summed E-state index contributed by atoms with van der Waals surface area (Å²) in [6.45, 7) is 0.303. The summed E-state index contributed by atoms with van der Waals surface area (Å²) in [5.41, 5.74) is 1.42. The lowest BCUT2D eigenvalue weighted by molar-refractivity contribution is -0.119. The number of halogens is 1. The van der Waals surface area contributed by atoms with E-state index < -0.39 is 16.1 Å². The average molecular weight is 410 g/mol. The Bertz CT molecular complexity index is 948. The molecule has 0 unspecified atom stereocenters. The van der Waals surface area contributed by atoms with Crippen LogP contribution in [-0.4, -0.2) is 31.2 Å². The van der Waals surface area contributed by atoms with Crippen LogP contribution in [0.1, 0.15) is 18.4 Å². The minimum atomic E-state index is -3.75. The highest BCUT2D eigenvalue weighted by Gasteiger charge is 2.40. The highest BCUT2D eigenvalue weighted by molar-refractivity contribution is 7.91. The van der Waals surface area contributed by atoms with E-state index in [1.165, 1.54) is 16.4 Å². The molecular weight excluding hydrogens is 394 g/mol. The summed E-state index contributed by atoms with van der Waals surface area (Å²) in [6.07, 6.45) is 1.39. The van der Waals surface area contributed by atoms with Gasteiger partial charge in [0.15, 0.2) is 0 Å². The van der Waals surface area contributed by atoms with Gasteiger partial charge in [-0.1, -0.05) is 23.7 Å². The number of nitrogens with zero attached hydrogens (tertiary/aromatic N) is 2. The molecule has 6 nitrogen and oxygen atoms in total. The van der Waals surface area contributed by atoms with Crippen molar-refractivity contribution < 1.29 is 13.2 Å². The Balaban J connectivity index is 1.75. The van der Waals surface area contributed by atoms with E-state index in [-0.39, 0.29) is 10.1 Å². The number of sulfonamides is 1. The molecule has 9 heteroatoms. The summed E-state index contributed by atoms with van der Waals surface area (Å²) in [4.78, 5) is 12.6. The van der Waals surface area contributed by atoms with Gasteiger partial charge in [0, 0.05) is 12.2 Å². The van der Waals surface area contributed by atoms with Gasteiger partial charge in [0.05, 0.1) is 16.8 Å². The molecule has 1 amide bonds. The van der Waals surface area contributed by atoms with Gasteiger partial charge < -0.3 is 5.32 Å². The zero-order valence-electron chi connectivity index (χ0n) is 13.7. The maximum Gasteiger partial charge on any atom is 0.253 e. The van der Waals surface area contributed by atoms with Gasteiger partial charge in [0.1, 0.15) is 10.3 Å². The van der Waals surface area contributed by atoms with Crippen LogP contribution >= 0.6 is 22.9 Å². The molecule has 2 aromatic rings. The number of carbonyl (C=O) groups is 1. The SMILES string of the molecule is N#CCc1ccc(NC(=O)[C@@H]2CCCN2S(=O)(=O)c2ccc(Cl)s2)cc1. The second-order valence-electron chi connectivity index (χ2n) is 5.85. The number of thiophene rings is 1. The van der Waals surface area contributed by atoms with Gasteiger partial charge in [-0.3, -0.25) is 4.79 Å². The Morgan fingerprint density at radius 3 is 2.65 bits per heavy atom. The molecule has 1 aromatic heterocycles. The molecule has 1 N–H and O–H groups in total. The molecule has 1 fully saturated rings. The van der Waals surface area contributed by atoms with Gasteiger partial charge in [0.25, 0.3) is 10.0 Å². The molecule has 0 radical (unpaired) electrons. The van der Waals surface area contributed by atoms with E-state index in [9.17, 15) is 13.2 Å². The Hall–Kier alpha value is -1.92. The van der Waals surface area contributed by atoms with Crippen LogP contribution < -0.4 is 5.32 Å².